The number of carboxylic acid groups (broad SMARTS) is 1. The molecule has 0 fully saturated rings. The van der Waals surface area contributed by atoms with Crippen molar-refractivity contribution in [1.82, 2.24) is 4.90 Å². The van der Waals surface area contributed by atoms with E-state index in [-0.39, 0.29) is 34.9 Å². The van der Waals surface area contributed by atoms with Gasteiger partial charge in [0.1, 0.15) is 6.07 Å². The van der Waals surface area contributed by atoms with Crippen molar-refractivity contribution in [2.24, 2.45) is 5.92 Å². The third-order valence-electron chi connectivity index (χ3n) is 7.87. The topological polar surface area (TPSA) is 113 Å². The van der Waals surface area contributed by atoms with E-state index in [1.807, 2.05) is 30.3 Å². The van der Waals surface area contributed by atoms with Crippen LogP contribution in [0.5, 0.6) is 0 Å². The highest BCUT2D eigenvalue weighted by atomic mass is 16.4. The molecule has 1 aromatic carbocycles. The molecule has 0 aromatic heterocycles. The Labute approximate surface area is 251 Å². The summed E-state index contributed by atoms with van der Waals surface area (Å²) in [5, 5.41) is 28.7. The third-order valence-corrected chi connectivity index (χ3v) is 7.87. The highest BCUT2D eigenvalue weighted by molar-refractivity contribution is 6.25. The number of benzene rings is 1. The minimum atomic E-state index is -0.767. The second kappa shape index (κ2) is 18.4. The first kappa shape index (κ1) is 34.1. The lowest BCUT2D eigenvalue weighted by Gasteiger charge is -2.29. The SMILES string of the molecule is [C-]#[N+]/C(C#N)=C1/C(C#N)=C(c2ccc(N(CCCCCC(=O)O)CC(CC)CCCC)cc2)C(=O)N1CCCCCC. The van der Waals surface area contributed by atoms with E-state index < -0.39 is 5.97 Å². The number of nitrogens with zero attached hydrogens (tertiary/aromatic N) is 5. The molecule has 1 aliphatic rings. The van der Waals surface area contributed by atoms with Gasteiger partial charge in [0.25, 0.3) is 11.6 Å². The van der Waals surface area contributed by atoms with Gasteiger partial charge in [0.15, 0.2) is 0 Å². The molecule has 1 aromatic rings. The van der Waals surface area contributed by atoms with Crippen LogP contribution in [-0.4, -0.2) is 41.5 Å². The van der Waals surface area contributed by atoms with Crippen molar-refractivity contribution >= 4 is 23.1 Å². The van der Waals surface area contributed by atoms with Gasteiger partial charge in [-0.3, -0.25) is 9.59 Å². The standard InChI is InChI=1S/C34H45N5O3/c1-5-8-10-14-22-39-33(30(24-36)37-4)29(23-35)32(34(39)42)27-17-19-28(20-18-27)38(21-13-11-12-16-31(40)41)25-26(7-3)15-9-6-2/h17-20,26H,5-16,21-22,25H2,1-3H3,(H,40,41)/b33-30-. The van der Waals surface area contributed by atoms with E-state index in [9.17, 15) is 20.1 Å². The molecular formula is C34H45N5O3. The average molecular weight is 572 g/mol. The van der Waals surface area contributed by atoms with Crippen molar-refractivity contribution in [3.8, 4) is 12.1 Å². The number of carbonyl (C=O) groups is 2. The van der Waals surface area contributed by atoms with Gasteiger partial charge in [-0.05, 0) is 49.3 Å². The summed E-state index contributed by atoms with van der Waals surface area (Å²) in [4.78, 5) is 31.7. The fourth-order valence-electron chi connectivity index (χ4n) is 5.41. The molecule has 1 heterocycles. The summed E-state index contributed by atoms with van der Waals surface area (Å²) >= 11 is 0. The molecule has 0 radical (unpaired) electrons. The number of allylic oxidation sites excluding steroid dienone is 2. The fourth-order valence-corrected chi connectivity index (χ4v) is 5.41. The van der Waals surface area contributed by atoms with E-state index in [1.54, 1.807) is 0 Å². The lowest BCUT2D eigenvalue weighted by atomic mass is 9.97. The summed E-state index contributed by atoms with van der Waals surface area (Å²) in [6.07, 6.45) is 10.8. The number of rotatable bonds is 19. The molecule has 1 amide bonds. The van der Waals surface area contributed by atoms with Gasteiger partial charge in [-0.15, -0.1) is 0 Å². The predicted molar refractivity (Wildman–Crippen MR) is 166 cm³/mol. The van der Waals surface area contributed by atoms with Crippen molar-refractivity contribution in [2.45, 2.75) is 97.8 Å². The Morgan fingerprint density at radius 2 is 1.71 bits per heavy atom. The van der Waals surface area contributed by atoms with Gasteiger partial charge in [0.05, 0.1) is 29.5 Å². The molecule has 1 N–H and O–H groups in total. The highest BCUT2D eigenvalue weighted by Crippen LogP contribution is 2.38. The van der Waals surface area contributed by atoms with Crippen LogP contribution in [0.3, 0.4) is 0 Å². The molecule has 224 valence electrons. The molecule has 0 spiro atoms. The fraction of sp³-hybridized carbons (Fsp3) is 0.559. The first-order valence-corrected chi connectivity index (χ1v) is 15.4. The molecule has 1 aliphatic heterocycles. The maximum Gasteiger partial charge on any atom is 0.303 e. The van der Waals surface area contributed by atoms with Crippen molar-refractivity contribution in [2.75, 3.05) is 24.5 Å². The molecule has 0 aliphatic carbocycles. The van der Waals surface area contributed by atoms with Gasteiger partial charge in [-0.1, -0.05) is 77.8 Å². The molecule has 0 saturated heterocycles. The Hall–Kier alpha value is -4.09. The lowest BCUT2D eigenvalue weighted by Crippen LogP contribution is -2.30. The number of unbranched alkanes of at least 4 members (excludes halogenated alkanes) is 6. The average Bonchev–Trinajstić information content (AvgIpc) is 3.27. The second-order valence-corrected chi connectivity index (χ2v) is 10.9. The van der Waals surface area contributed by atoms with Crippen LogP contribution in [0.2, 0.25) is 0 Å². The molecule has 1 unspecified atom stereocenters. The van der Waals surface area contributed by atoms with Crippen molar-refractivity contribution in [3.63, 3.8) is 0 Å². The minimum absolute atomic E-state index is 0.0803. The van der Waals surface area contributed by atoms with E-state index in [4.69, 9.17) is 11.7 Å². The Morgan fingerprint density at radius 1 is 1.02 bits per heavy atom. The quantitative estimate of drug-likeness (QED) is 0.103. The summed E-state index contributed by atoms with van der Waals surface area (Å²) in [6, 6.07) is 11.7. The molecule has 8 heteroatoms. The molecule has 0 bridgehead atoms. The lowest BCUT2D eigenvalue weighted by molar-refractivity contribution is -0.137. The van der Waals surface area contributed by atoms with Crippen LogP contribution in [0, 0.1) is 35.2 Å². The molecule has 0 saturated carbocycles. The van der Waals surface area contributed by atoms with Gasteiger partial charge in [0.2, 0.25) is 0 Å². The first-order valence-electron chi connectivity index (χ1n) is 15.4. The Kier molecular flexibility index (Phi) is 14.9. The Morgan fingerprint density at radius 3 is 2.29 bits per heavy atom. The third kappa shape index (κ3) is 9.49. The van der Waals surface area contributed by atoms with Gasteiger partial charge in [0, 0.05) is 31.7 Å². The van der Waals surface area contributed by atoms with Crippen molar-refractivity contribution in [3.05, 3.63) is 58.2 Å². The monoisotopic (exact) mass is 571 g/mol. The number of carbonyl (C=O) groups excluding carboxylic acids is 1. The van der Waals surface area contributed by atoms with Crippen LogP contribution >= 0.6 is 0 Å². The van der Waals surface area contributed by atoms with E-state index in [2.05, 4.69) is 36.6 Å². The number of anilines is 1. The van der Waals surface area contributed by atoms with Crippen molar-refractivity contribution < 1.29 is 14.7 Å². The molecule has 2 rings (SSSR count). The number of carboxylic acids is 1. The summed E-state index contributed by atoms with van der Waals surface area (Å²) in [5.41, 5.74) is 1.81. The maximum absolute atomic E-state index is 13.7. The molecular weight excluding hydrogens is 526 g/mol. The largest absolute Gasteiger partial charge is 0.481 e. The zero-order valence-electron chi connectivity index (χ0n) is 25.5. The van der Waals surface area contributed by atoms with Gasteiger partial charge in [-0.25, -0.2) is 10.1 Å². The van der Waals surface area contributed by atoms with Crippen LogP contribution in [0.4, 0.5) is 5.69 Å². The van der Waals surface area contributed by atoms with Crippen LogP contribution in [-0.2, 0) is 9.59 Å². The van der Waals surface area contributed by atoms with Crippen LogP contribution in [0.15, 0.2) is 41.2 Å². The highest BCUT2D eigenvalue weighted by Gasteiger charge is 2.37. The van der Waals surface area contributed by atoms with Crippen molar-refractivity contribution in [1.29, 1.82) is 10.5 Å². The zero-order valence-corrected chi connectivity index (χ0v) is 25.5. The van der Waals surface area contributed by atoms with Gasteiger partial charge in [-0.2, -0.15) is 5.26 Å². The summed E-state index contributed by atoms with van der Waals surface area (Å²) in [5.74, 6) is -0.570. The van der Waals surface area contributed by atoms with E-state index in [0.717, 1.165) is 76.6 Å². The predicted octanol–water partition coefficient (Wildman–Crippen LogP) is 7.71. The Balaban J connectivity index is 2.39. The second-order valence-electron chi connectivity index (χ2n) is 10.9. The number of amides is 1. The van der Waals surface area contributed by atoms with E-state index >= 15 is 0 Å². The first-order chi connectivity index (χ1) is 20.4. The van der Waals surface area contributed by atoms with Crippen LogP contribution < -0.4 is 4.90 Å². The smallest absolute Gasteiger partial charge is 0.303 e. The van der Waals surface area contributed by atoms with Gasteiger partial charge >= 0.3 is 5.97 Å². The summed E-state index contributed by atoms with van der Waals surface area (Å²) < 4.78 is 0. The van der Waals surface area contributed by atoms with Crippen LogP contribution in [0.1, 0.15) is 103 Å². The summed E-state index contributed by atoms with van der Waals surface area (Å²) in [6.45, 7) is 16.1. The normalized spacial score (nSPS) is 14.8. The van der Waals surface area contributed by atoms with E-state index in [0.29, 0.717) is 24.4 Å². The number of hydrogen-bond donors (Lipinski definition) is 1. The summed E-state index contributed by atoms with van der Waals surface area (Å²) in [7, 11) is 0. The minimum Gasteiger partial charge on any atom is -0.481 e. The Bertz CT molecular complexity index is 1230. The van der Waals surface area contributed by atoms with E-state index in [1.165, 1.54) is 11.3 Å². The zero-order chi connectivity index (χ0) is 30.9. The number of nitriles is 2. The number of aliphatic carboxylic acids is 1. The maximum atomic E-state index is 13.7. The van der Waals surface area contributed by atoms with Gasteiger partial charge < -0.3 is 14.9 Å². The molecule has 1 atom stereocenters. The number of hydrogen-bond acceptors (Lipinski definition) is 5. The molecule has 8 nitrogen and oxygen atoms in total. The molecule has 42 heavy (non-hydrogen) atoms. The van der Waals surface area contributed by atoms with Crippen LogP contribution in [0.25, 0.3) is 10.4 Å².